The van der Waals surface area contributed by atoms with Gasteiger partial charge in [0.25, 0.3) is 0 Å². The normalized spacial score (nSPS) is 10.9. The second kappa shape index (κ2) is 16.0. The lowest BCUT2D eigenvalue weighted by molar-refractivity contribution is 0.190. The van der Waals surface area contributed by atoms with Crippen molar-refractivity contribution in [1.29, 1.82) is 0 Å². The van der Waals surface area contributed by atoms with Gasteiger partial charge in [0.05, 0.1) is 6.61 Å². The van der Waals surface area contributed by atoms with E-state index < -0.39 is 0 Å². The molecule has 103 valence electrons. The van der Waals surface area contributed by atoms with Gasteiger partial charge in [0.1, 0.15) is 0 Å². The van der Waals surface area contributed by atoms with Crippen LogP contribution in [0, 0.1) is 6.61 Å². The van der Waals surface area contributed by atoms with Crippen LogP contribution in [0.4, 0.5) is 0 Å². The maximum absolute atomic E-state index is 5.34. The zero-order valence-electron chi connectivity index (χ0n) is 12.2. The van der Waals surface area contributed by atoms with Gasteiger partial charge < -0.3 is 4.74 Å². The first-order valence-corrected chi connectivity index (χ1v) is 7.85. The van der Waals surface area contributed by atoms with Crippen molar-refractivity contribution in [2.24, 2.45) is 0 Å². The lowest BCUT2D eigenvalue weighted by atomic mass is 10.1. The molecule has 0 aliphatic carbocycles. The van der Waals surface area contributed by atoms with Crippen molar-refractivity contribution in [2.75, 3.05) is 6.61 Å². The van der Waals surface area contributed by atoms with Crippen molar-refractivity contribution in [3.63, 3.8) is 0 Å². The Morgan fingerprint density at radius 2 is 1.18 bits per heavy atom. The summed E-state index contributed by atoms with van der Waals surface area (Å²) in [6.45, 7) is 7.31. The van der Waals surface area contributed by atoms with Crippen LogP contribution >= 0.6 is 0 Å². The Hall–Kier alpha value is -0.0400. The topological polar surface area (TPSA) is 9.23 Å². The van der Waals surface area contributed by atoms with Gasteiger partial charge >= 0.3 is 0 Å². The molecular weight excluding hydrogens is 208 g/mol. The Balaban J connectivity index is 2.85. The Bertz CT molecular complexity index is 109. The van der Waals surface area contributed by atoms with Crippen molar-refractivity contribution < 1.29 is 4.74 Å². The van der Waals surface area contributed by atoms with Crippen molar-refractivity contribution in [1.82, 2.24) is 0 Å². The molecule has 1 radical (unpaired) electrons. The Morgan fingerprint density at radius 1 is 0.647 bits per heavy atom. The second-order valence-corrected chi connectivity index (χ2v) is 5.01. The lowest BCUT2D eigenvalue weighted by Crippen LogP contribution is -1.89. The molecule has 0 bridgehead atoms. The summed E-state index contributed by atoms with van der Waals surface area (Å²) in [4.78, 5) is 0. The number of hydrogen-bond acceptors (Lipinski definition) is 1. The molecule has 0 aromatic rings. The maximum Gasteiger partial charge on any atom is 0.0836 e. The summed E-state index contributed by atoms with van der Waals surface area (Å²) < 4.78 is 5.34. The van der Waals surface area contributed by atoms with E-state index in [1.807, 2.05) is 6.61 Å². The molecule has 0 rings (SSSR count). The monoisotopic (exact) mass is 241 g/mol. The molecule has 0 amide bonds. The number of ether oxygens (including phenoxy) is 1. The van der Waals surface area contributed by atoms with Crippen LogP contribution in [0.5, 0.6) is 0 Å². The average Bonchev–Trinajstić information content (AvgIpc) is 2.35. The number of hydrogen-bond donors (Lipinski definition) is 0. The third-order valence-corrected chi connectivity index (χ3v) is 3.12. The molecule has 0 saturated carbocycles. The third-order valence-electron chi connectivity index (χ3n) is 3.12. The van der Waals surface area contributed by atoms with Crippen LogP contribution in [0.3, 0.4) is 0 Å². The van der Waals surface area contributed by atoms with Crippen LogP contribution in [0.25, 0.3) is 0 Å². The minimum atomic E-state index is 0.887. The standard InChI is InChI=1S/C16H33O/c1-3-5-6-7-8-9-10-11-12-13-14-16-17-15-4-2/h16H,3-15H2,1-2H3. The summed E-state index contributed by atoms with van der Waals surface area (Å²) >= 11 is 0. The molecule has 0 aromatic carbocycles. The highest BCUT2D eigenvalue weighted by Crippen LogP contribution is 2.11. The van der Waals surface area contributed by atoms with E-state index >= 15 is 0 Å². The SMILES string of the molecule is CCCCCCCCCCCC[CH]OCCC. The van der Waals surface area contributed by atoms with E-state index in [1.54, 1.807) is 0 Å². The number of unbranched alkanes of at least 4 members (excludes halogenated alkanes) is 10. The van der Waals surface area contributed by atoms with Gasteiger partial charge in [-0.2, -0.15) is 0 Å². The lowest BCUT2D eigenvalue weighted by Gasteiger charge is -2.03. The molecule has 1 heteroatoms. The van der Waals surface area contributed by atoms with Gasteiger partial charge in [0.2, 0.25) is 0 Å². The van der Waals surface area contributed by atoms with E-state index in [0.29, 0.717) is 0 Å². The zero-order chi connectivity index (χ0) is 12.6. The van der Waals surface area contributed by atoms with Crippen molar-refractivity contribution in [3.8, 4) is 0 Å². The quantitative estimate of drug-likeness (QED) is 0.345. The van der Waals surface area contributed by atoms with Crippen molar-refractivity contribution >= 4 is 0 Å². The Labute approximate surface area is 109 Å². The van der Waals surface area contributed by atoms with Gasteiger partial charge in [-0.3, -0.25) is 0 Å². The summed E-state index contributed by atoms with van der Waals surface area (Å²) in [7, 11) is 0. The number of rotatable bonds is 14. The second-order valence-electron chi connectivity index (χ2n) is 5.01. The first-order chi connectivity index (χ1) is 8.41. The molecule has 0 heterocycles. The molecule has 0 N–H and O–H groups in total. The fourth-order valence-corrected chi connectivity index (χ4v) is 2.00. The minimum Gasteiger partial charge on any atom is -0.376 e. The summed E-state index contributed by atoms with van der Waals surface area (Å²) in [5, 5.41) is 0. The van der Waals surface area contributed by atoms with Gasteiger partial charge in [-0.15, -0.1) is 0 Å². The highest BCUT2D eigenvalue weighted by atomic mass is 16.5. The van der Waals surface area contributed by atoms with Crippen LogP contribution in [0.1, 0.15) is 90.9 Å². The van der Waals surface area contributed by atoms with Gasteiger partial charge in [-0.1, -0.05) is 78.1 Å². The highest BCUT2D eigenvalue weighted by Gasteiger charge is 1.93. The summed E-state index contributed by atoms with van der Waals surface area (Å²) in [6.07, 6.45) is 16.4. The van der Waals surface area contributed by atoms with Crippen LogP contribution in [-0.2, 0) is 4.74 Å². The summed E-state index contributed by atoms with van der Waals surface area (Å²) in [5.41, 5.74) is 0. The molecule has 0 aliphatic rings. The van der Waals surface area contributed by atoms with Crippen molar-refractivity contribution in [2.45, 2.75) is 90.9 Å². The van der Waals surface area contributed by atoms with E-state index in [0.717, 1.165) is 19.4 Å². The molecule has 17 heavy (non-hydrogen) atoms. The molecule has 0 spiro atoms. The van der Waals surface area contributed by atoms with Gasteiger partial charge in [-0.25, -0.2) is 0 Å². The molecule has 0 fully saturated rings. The van der Waals surface area contributed by atoms with Crippen LogP contribution in [-0.4, -0.2) is 6.61 Å². The van der Waals surface area contributed by atoms with Gasteiger partial charge in [-0.05, 0) is 12.8 Å². The largest absolute Gasteiger partial charge is 0.376 e. The van der Waals surface area contributed by atoms with Gasteiger partial charge in [0.15, 0.2) is 0 Å². The third kappa shape index (κ3) is 16.0. The van der Waals surface area contributed by atoms with E-state index in [-0.39, 0.29) is 0 Å². The van der Waals surface area contributed by atoms with Gasteiger partial charge in [0, 0.05) is 6.61 Å². The van der Waals surface area contributed by atoms with E-state index in [1.165, 1.54) is 64.2 Å². The van der Waals surface area contributed by atoms with E-state index in [2.05, 4.69) is 13.8 Å². The van der Waals surface area contributed by atoms with E-state index in [4.69, 9.17) is 4.74 Å². The Kier molecular flexibility index (Phi) is 15.9. The molecule has 1 nitrogen and oxygen atoms in total. The predicted octanol–water partition coefficient (Wildman–Crippen LogP) is 5.89. The molecule has 0 unspecified atom stereocenters. The van der Waals surface area contributed by atoms with Crippen LogP contribution in [0.2, 0.25) is 0 Å². The minimum absolute atomic E-state index is 0.887. The predicted molar refractivity (Wildman–Crippen MR) is 77.0 cm³/mol. The molecule has 0 aromatic heterocycles. The van der Waals surface area contributed by atoms with Crippen LogP contribution in [0.15, 0.2) is 0 Å². The fraction of sp³-hybridized carbons (Fsp3) is 0.938. The molecule has 0 atom stereocenters. The maximum atomic E-state index is 5.34. The van der Waals surface area contributed by atoms with E-state index in [9.17, 15) is 0 Å². The van der Waals surface area contributed by atoms with Crippen molar-refractivity contribution in [3.05, 3.63) is 6.61 Å². The first kappa shape index (κ1) is 17.0. The average molecular weight is 241 g/mol. The molecular formula is C16H33O. The Morgan fingerprint density at radius 3 is 1.71 bits per heavy atom. The fourth-order valence-electron chi connectivity index (χ4n) is 2.00. The highest BCUT2D eigenvalue weighted by molar-refractivity contribution is 4.53. The zero-order valence-corrected chi connectivity index (χ0v) is 12.2. The first-order valence-electron chi connectivity index (χ1n) is 7.85. The van der Waals surface area contributed by atoms with Crippen LogP contribution < -0.4 is 0 Å². The summed E-state index contributed by atoms with van der Waals surface area (Å²) in [6, 6.07) is 0. The molecule has 0 aliphatic heterocycles. The molecule has 0 saturated heterocycles. The smallest absolute Gasteiger partial charge is 0.0836 e. The summed E-state index contributed by atoms with van der Waals surface area (Å²) in [5.74, 6) is 0.